The topological polar surface area (TPSA) is 43.6 Å². The van der Waals surface area contributed by atoms with Crippen LogP contribution in [0.25, 0.3) is 102 Å². The van der Waals surface area contributed by atoms with Crippen molar-refractivity contribution in [3.8, 4) is 39.9 Å². The standard InChI is InChI=1S/C45H26N4S2/c1-3-11-27(12-4-1)43-46-44(28-13-5-2-6-14-28)48-45(47-43)29-19-21-33-35-25-42-36(26-41(35)50-39(33)23-29)34-22-20-30(24-40(34)51-42)49-37-17-9-7-15-31(37)32-16-8-10-18-38(32)49/h1-26H. The number of aromatic nitrogens is 4. The number of hydrogen-bond acceptors (Lipinski definition) is 5. The predicted molar refractivity (Wildman–Crippen MR) is 216 cm³/mol. The third-order valence-corrected chi connectivity index (χ3v) is 12.1. The summed E-state index contributed by atoms with van der Waals surface area (Å²) in [5, 5.41) is 7.71. The zero-order valence-electron chi connectivity index (χ0n) is 27.1. The van der Waals surface area contributed by atoms with Crippen molar-refractivity contribution in [3.63, 3.8) is 0 Å². The van der Waals surface area contributed by atoms with Crippen LogP contribution < -0.4 is 0 Å². The molecular formula is C45H26N4S2. The van der Waals surface area contributed by atoms with Crippen LogP contribution in [0.4, 0.5) is 0 Å². The van der Waals surface area contributed by atoms with Gasteiger partial charge in [-0.3, -0.25) is 0 Å². The lowest BCUT2D eigenvalue weighted by atomic mass is 10.1. The maximum absolute atomic E-state index is 4.97. The third-order valence-electron chi connectivity index (χ3n) is 9.84. The van der Waals surface area contributed by atoms with Crippen molar-refractivity contribution in [2.75, 3.05) is 0 Å². The summed E-state index contributed by atoms with van der Waals surface area (Å²) in [5.74, 6) is 2.02. The predicted octanol–water partition coefficient (Wildman–Crippen LogP) is 12.7. The summed E-state index contributed by atoms with van der Waals surface area (Å²) in [7, 11) is 0. The Balaban J connectivity index is 1.03. The molecule has 6 heteroatoms. The quantitative estimate of drug-likeness (QED) is 0.185. The van der Waals surface area contributed by atoms with Crippen LogP contribution in [0, 0.1) is 0 Å². The Hall–Kier alpha value is -6.21. The molecule has 0 saturated heterocycles. The number of benzene rings is 7. The molecule has 0 aliphatic carbocycles. The monoisotopic (exact) mass is 686 g/mol. The van der Waals surface area contributed by atoms with E-state index >= 15 is 0 Å². The fourth-order valence-electron chi connectivity index (χ4n) is 7.45. The molecule has 7 aromatic carbocycles. The minimum absolute atomic E-state index is 0.671. The summed E-state index contributed by atoms with van der Waals surface area (Å²) in [6, 6.07) is 56.0. The molecule has 238 valence electrons. The number of thiophene rings is 2. The summed E-state index contributed by atoms with van der Waals surface area (Å²) >= 11 is 3.71. The van der Waals surface area contributed by atoms with Gasteiger partial charge in [-0.1, -0.05) is 115 Å². The Bertz CT molecular complexity index is 3030. The molecule has 0 N–H and O–H groups in total. The lowest BCUT2D eigenvalue weighted by Crippen LogP contribution is -1.99. The van der Waals surface area contributed by atoms with Gasteiger partial charge in [-0.2, -0.15) is 0 Å². The van der Waals surface area contributed by atoms with Crippen LogP contribution in [0.15, 0.2) is 158 Å². The third kappa shape index (κ3) is 4.54. The second-order valence-corrected chi connectivity index (χ2v) is 15.0. The normalized spacial score (nSPS) is 11.9. The van der Waals surface area contributed by atoms with Crippen LogP contribution in [-0.2, 0) is 0 Å². The highest BCUT2D eigenvalue weighted by molar-refractivity contribution is 7.27. The summed E-state index contributed by atoms with van der Waals surface area (Å²) in [5.41, 5.74) is 6.57. The van der Waals surface area contributed by atoms with Gasteiger partial charge in [-0.15, -0.1) is 22.7 Å². The molecular weight excluding hydrogens is 661 g/mol. The molecule has 0 spiro atoms. The van der Waals surface area contributed by atoms with Gasteiger partial charge < -0.3 is 4.57 Å². The number of para-hydroxylation sites is 2. The fourth-order valence-corrected chi connectivity index (χ4v) is 9.78. The largest absolute Gasteiger partial charge is 0.309 e. The van der Waals surface area contributed by atoms with Crippen molar-refractivity contribution in [1.29, 1.82) is 0 Å². The lowest BCUT2D eigenvalue weighted by Gasteiger charge is -2.08. The van der Waals surface area contributed by atoms with Gasteiger partial charge in [0.2, 0.25) is 0 Å². The molecule has 11 aromatic rings. The minimum Gasteiger partial charge on any atom is -0.309 e. The van der Waals surface area contributed by atoms with Crippen molar-refractivity contribution in [2.45, 2.75) is 0 Å². The van der Waals surface area contributed by atoms with E-state index in [1.807, 2.05) is 83.3 Å². The van der Waals surface area contributed by atoms with Crippen LogP contribution in [0.1, 0.15) is 0 Å². The summed E-state index contributed by atoms with van der Waals surface area (Å²) < 4.78 is 7.51. The molecule has 11 rings (SSSR count). The zero-order chi connectivity index (χ0) is 33.5. The van der Waals surface area contributed by atoms with Crippen LogP contribution in [0.3, 0.4) is 0 Å². The van der Waals surface area contributed by atoms with Crippen LogP contribution >= 0.6 is 22.7 Å². The van der Waals surface area contributed by atoms with Gasteiger partial charge in [0.15, 0.2) is 17.5 Å². The molecule has 0 unspecified atom stereocenters. The molecule has 0 bridgehead atoms. The van der Waals surface area contributed by atoms with Gasteiger partial charge >= 0.3 is 0 Å². The van der Waals surface area contributed by atoms with E-state index in [1.54, 1.807) is 0 Å². The van der Waals surface area contributed by atoms with Crippen LogP contribution in [0.2, 0.25) is 0 Å². The highest BCUT2D eigenvalue weighted by Gasteiger charge is 2.17. The van der Waals surface area contributed by atoms with E-state index in [0.29, 0.717) is 17.5 Å². The number of hydrogen-bond donors (Lipinski definition) is 0. The molecule has 51 heavy (non-hydrogen) atoms. The first-order valence-electron chi connectivity index (χ1n) is 16.9. The maximum atomic E-state index is 4.97. The second kappa shape index (κ2) is 11.2. The Labute approximate surface area is 300 Å². The number of fused-ring (bicyclic) bond motifs is 9. The molecule has 4 aromatic heterocycles. The van der Waals surface area contributed by atoms with Gasteiger partial charge in [-0.05, 0) is 42.5 Å². The Morgan fingerprint density at radius 1 is 0.333 bits per heavy atom. The summed E-state index contributed by atoms with van der Waals surface area (Å²) in [6.45, 7) is 0. The molecule has 0 saturated carbocycles. The minimum atomic E-state index is 0.671. The molecule has 4 heterocycles. The van der Waals surface area contributed by atoms with Crippen molar-refractivity contribution >= 4 is 84.8 Å². The number of rotatable bonds is 4. The molecule has 0 amide bonds. The Morgan fingerprint density at radius 2 is 0.784 bits per heavy atom. The van der Waals surface area contributed by atoms with Crippen LogP contribution in [0.5, 0.6) is 0 Å². The highest BCUT2D eigenvalue weighted by atomic mass is 32.1. The molecule has 0 fully saturated rings. The van der Waals surface area contributed by atoms with E-state index < -0.39 is 0 Å². The lowest BCUT2D eigenvalue weighted by molar-refractivity contribution is 1.07. The second-order valence-electron chi connectivity index (χ2n) is 12.8. The van der Waals surface area contributed by atoms with Gasteiger partial charge in [0.05, 0.1) is 11.0 Å². The van der Waals surface area contributed by atoms with Gasteiger partial charge in [0, 0.05) is 73.5 Å². The molecule has 0 radical (unpaired) electrons. The van der Waals surface area contributed by atoms with E-state index in [2.05, 4.69) is 102 Å². The molecule has 0 atom stereocenters. The summed E-state index contributed by atoms with van der Waals surface area (Å²) in [4.78, 5) is 14.8. The molecule has 0 aliphatic heterocycles. The van der Waals surface area contributed by atoms with E-state index in [9.17, 15) is 0 Å². The average molecular weight is 687 g/mol. The van der Waals surface area contributed by atoms with Gasteiger partial charge in [-0.25, -0.2) is 15.0 Å². The van der Waals surface area contributed by atoms with Crippen LogP contribution in [-0.4, -0.2) is 19.5 Å². The van der Waals surface area contributed by atoms with E-state index in [4.69, 9.17) is 15.0 Å². The average Bonchev–Trinajstić information content (AvgIpc) is 3.85. The Kier molecular flexibility index (Phi) is 6.26. The van der Waals surface area contributed by atoms with Crippen molar-refractivity contribution < 1.29 is 0 Å². The summed E-state index contributed by atoms with van der Waals surface area (Å²) in [6.07, 6.45) is 0. The smallest absolute Gasteiger partial charge is 0.164 e. The zero-order valence-corrected chi connectivity index (χ0v) is 28.7. The van der Waals surface area contributed by atoms with E-state index in [1.165, 1.54) is 67.8 Å². The fraction of sp³-hybridized carbons (Fsp3) is 0. The first-order chi connectivity index (χ1) is 25.2. The van der Waals surface area contributed by atoms with E-state index in [0.717, 1.165) is 16.7 Å². The Morgan fingerprint density at radius 3 is 1.35 bits per heavy atom. The van der Waals surface area contributed by atoms with Crippen molar-refractivity contribution in [3.05, 3.63) is 158 Å². The maximum Gasteiger partial charge on any atom is 0.164 e. The first-order valence-corrected chi connectivity index (χ1v) is 18.6. The van der Waals surface area contributed by atoms with E-state index in [-0.39, 0.29) is 0 Å². The molecule has 0 aliphatic rings. The number of nitrogens with zero attached hydrogens (tertiary/aromatic N) is 4. The van der Waals surface area contributed by atoms with Gasteiger partial charge in [0.1, 0.15) is 0 Å². The van der Waals surface area contributed by atoms with Gasteiger partial charge in [0.25, 0.3) is 0 Å². The highest BCUT2D eigenvalue weighted by Crippen LogP contribution is 2.43. The SMILES string of the molecule is c1ccc(-c2nc(-c3ccccc3)nc(-c3ccc4c(c3)sc3cc5c(cc34)sc3cc(-n4c6ccccc6c6ccccc64)ccc35)n2)cc1. The molecule has 4 nitrogen and oxygen atoms in total. The van der Waals surface area contributed by atoms with Crippen molar-refractivity contribution in [1.82, 2.24) is 19.5 Å². The van der Waals surface area contributed by atoms with Crippen molar-refractivity contribution in [2.24, 2.45) is 0 Å². The first kappa shape index (κ1) is 28.6.